The molecular weight excluding hydrogens is 342 g/mol. The number of nitrogens with one attached hydrogen (secondary N) is 1. The molecule has 0 saturated heterocycles. The summed E-state index contributed by atoms with van der Waals surface area (Å²) in [6.07, 6.45) is 3.61. The van der Waals surface area contributed by atoms with Gasteiger partial charge < -0.3 is 9.47 Å². The molecule has 1 saturated carbocycles. The average Bonchev–Trinajstić information content (AvgIpc) is 3.01. The van der Waals surface area contributed by atoms with Gasteiger partial charge in [0.05, 0.1) is 0 Å². The largest absolute Gasteiger partial charge is 0.448 e. The zero-order chi connectivity index (χ0) is 18.7. The van der Waals surface area contributed by atoms with Crippen LogP contribution in [0.15, 0.2) is 48.5 Å². The number of fused-ring (bicyclic) bond motifs is 3. The molecule has 2 aromatic rings. The van der Waals surface area contributed by atoms with Crippen molar-refractivity contribution >= 4 is 12.6 Å². The van der Waals surface area contributed by atoms with Crippen LogP contribution in [0.25, 0.3) is 11.1 Å². The molecule has 4 rings (SSSR count). The Morgan fingerprint density at radius 1 is 1.00 bits per heavy atom. The molecule has 5 heteroatoms. The first-order chi connectivity index (χ1) is 13.2. The first-order valence-electron chi connectivity index (χ1n) is 9.47. The van der Waals surface area contributed by atoms with E-state index in [4.69, 9.17) is 9.47 Å². The van der Waals surface area contributed by atoms with E-state index in [0.717, 1.165) is 19.3 Å². The fourth-order valence-electron chi connectivity index (χ4n) is 4.31. The van der Waals surface area contributed by atoms with E-state index < -0.39 is 11.8 Å². The molecule has 2 aromatic carbocycles. The first kappa shape index (κ1) is 17.6. The van der Waals surface area contributed by atoms with Gasteiger partial charge in [-0.25, -0.2) is 4.79 Å². The molecule has 27 heavy (non-hydrogen) atoms. The van der Waals surface area contributed by atoms with E-state index in [2.05, 4.69) is 29.6 Å². The Bertz CT molecular complexity index is 796. The highest BCUT2D eigenvalue weighted by molar-refractivity contribution is 5.79. The molecule has 0 aliphatic heterocycles. The fraction of sp³-hybridized carbons (Fsp3) is 0.364. The molecule has 2 aliphatic carbocycles. The smallest absolute Gasteiger partial charge is 0.410 e. The normalized spacial score (nSPS) is 17.5. The summed E-state index contributed by atoms with van der Waals surface area (Å²) in [6, 6.07) is 16.4. The zero-order valence-electron chi connectivity index (χ0n) is 15.1. The summed E-state index contributed by atoms with van der Waals surface area (Å²) in [7, 11) is 0. The highest BCUT2D eigenvalue weighted by Crippen LogP contribution is 2.44. The van der Waals surface area contributed by atoms with Gasteiger partial charge in [-0.2, -0.15) is 0 Å². The van der Waals surface area contributed by atoms with Gasteiger partial charge in [0.1, 0.15) is 6.61 Å². The minimum atomic E-state index is -0.928. The number of amides is 1. The summed E-state index contributed by atoms with van der Waals surface area (Å²) in [4.78, 5) is 23.3. The standard InChI is InChI=1S/C22H23NO4/c24-15-27-22(12-6-1-7-13-22)23-21(25)26-14-20-18-10-4-2-8-16(18)17-9-3-5-11-19(17)20/h2-5,8-11,15,20H,1,6-7,12-14H2,(H,23,25). The van der Waals surface area contributed by atoms with Crippen LogP contribution in [0.3, 0.4) is 0 Å². The summed E-state index contributed by atoms with van der Waals surface area (Å²) in [6.45, 7) is 0.659. The van der Waals surface area contributed by atoms with E-state index in [9.17, 15) is 9.59 Å². The lowest BCUT2D eigenvalue weighted by Crippen LogP contribution is -2.52. The Hall–Kier alpha value is -2.82. The van der Waals surface area contributed by atoms with Crippen LogP contribution in [0.4, 0.5) is 4.79 Å². The molecule has 0 spiro atoms. The molecule has 0 bridgehead atoms. The summed E-state index contributed by atoms with van der Waals surface area (Å²) >= 11 is 0. The van der Waals surface area contributed by atoms with E-state index >= 15 is 0 Å². The third kappa shape index (κ3) is 3.42. The molecule has 2 aliphatic rings. The summed E-state index contributed by atoms with van der Waals surface area (Å²) in [5, 5.41) is 2.79. The Labute approximate surface area is 158 Å². The maximum absolute atomic E-state index is 12.4. The Kier molecular flexibility index (Phi) is 4.84. The van der Waals surface area contributed by atoms with Crippen molar-refractivity contribution < 1.29 is 19.1 Å². The second-order valence-electron chi connectivity index (χ2n) is 7.22. The Balaban J connectivity index is 1.47. The number of carbonyl (C=O) groups is 2. The van der Waals surface area contributed by atoms with Crippen LogP contribution in [-0.2, 0) is 14.3 Å². The van der Waals surface area contributed by atoms with Gasteiger partial charge in [0, 0.05) is 18.8 Å². The van der Waals surface area contributed by atoms with Gasteiger partial charge in [0.25, 0.3) is 6.47 Å². The van der Waals surface area contributed by atoms with Crippen LogP contribution in [-0.4, -0.2) is 24.9 Å². The number of rotatable bonds is 5. The van der Waals surface area contributed by atoms with Gasteiger partial charge in [-0.15, -0.1) is 0 Å². The molecule has 1 amide bonds. The highest BCUT2D eigenvalue weighted by atomic mass is 16.6. The number of benzene rings is 2. The molecule has 0 heterocycles. The van der Waals surface area contributed by atoms with Crippen LogP contribution in [0.1, 0.15) is 49.1 Å². The van der Waals surface area contributed by atoms with E-state index in [0.29, 0.717) is 19.3 Å². The molecule has 1 N–H and O–H groups in total. The average molecular weight is 365 g/mol. The molecule has 0 atom stereocenters. The lowest BCUT2D eigenvalue weighted by atomic mass is 9.91. The lowest BCUT2D eigenvalue weighted by molar-refractivity contribution is -0.150. The molecule has 1 fully saturated rings. The summed E-state index contributed by atoms with van der Waals surface area (Å²) in [5.74, 6) is 0.0115. The van der Waals surface area contributed by atoms with Gasteiger partial charge in [-0.3, -0.25) is 10.1 Å². The molecule has 0 radical (unpaired) electrons. The van der Waals surface area contributed by atoms with E-state index in [-0.39, 0.29) is 12.5 Å². The number of hydrogen-bond donors (Lipinski definition) is 1. The van der Waals surface area contributed by atoms with E-state index in [1.54, 1.807) is 0 Å². The monoisotopic (exact) mass is 365 g/mol. The predicted molar refractivity (Wildman–Crippen MR) is 101 cm³/mol. The van der Waals surface area contributed by atoms with Crippen molar-refractivity contribution in [1.29, 1.82) is 0 Å². The van der Waals surface area contributed by atoms with Crippen LogP contribution >= 0.6 is 0 Å². The number of ether oxygens (including phenoxy) is 2. The quantitative estimate of drug-likeness (QED) is 0.632. The van der Waals surface area contributed by atoms with Crippen molar-refractivity contribution in [2.24, 2.45) is 0 Å². The Morgan fingerprint density at radius 3 is 2.19 bits per heavy atom. The summed E-state index contributed by atoms with van der Waals surface area (Å²) in [5.41, 5.74) is 3.79. The SMILES string of the molecule is O=COC1(NC(=O)OCC2c3ccccc3-c3ccccc32)CCCCC1. The van der Waals surface area contributed by atoms with Crippen molar-refractivity contribution in [3.63, 3.8) is 0 Å². The number of carbonyl (C=O) groups excluding carboxylic acids is 2. The van der Waals surface area contributed by atoms with E-state index in [1.807, 2.05) is 24.3 Å². The van der Waals surface area contributed by atoms with Gasteiger partial charge in [0.2, 0.25) is 0 Å². The molecule has 140 valence electrons. The van der Waals surface area contributed by atoms with E-state index in [1.165, 1.54) is 22.3 Å². The molecule has 0 unspecified atom stereocenters. The van der Waals surface area contributed by atoms with Crippen molar-refractivity contribution in [2.75, 3.05) is 6.61 Å². The van der Waals surface area contributed by atoms with Crippen LogP contribution in [0.5, 0.6) is 0 Å². The van der Waals surface area contributed by atoms with Gasteiger partial charge in [-0.1, -0.05) is 55.0 Å². The highest BCUT2D eigenvalue weighted by Gasteiger charge is 2.36. The second-order valence-corrected chi connectivity index (χ2v) is 7.22. The minimum absolute atomic E-state index is 0.0115. The predicted octanol–water partition coefficient (Wildman–Crippen LogP) is 4.36. The van der Waals surface area contributed by atoms with Gasteiger partial charge in [0.15, 0.2) is 5.72 Å². The summed E-state index contributed by atoms with van der Waals surface area (Å²) < 4.78 is 10.8. The zero-order valence-corrected chi connectivity index (χ0v) is 15.1. The van der Waals surface area contributed by atoms with Crippen LogP contribution < -0.4 is 5.32 Å². The minimum Gasteiger partial charge on any atom is -0.448 e. The third-order valence-corrected chi connectivity index (χ3v) is 5.61. The lowest BCUT2D eigenvalue weighted by Gasteiger charge is -2.35. The van der Waals surface area contributed by atoms with Crippen LogP contribution in [0.2, 0.25) is 0 Å². The third-order valence-electron chi connectivity index (χ3n) is 5.61. The van der Waals surface area contributed by atoms with Crippen LogP contribution in [0, 0.1) is 0 Å². The number of hydrogen-bond acceptors (Lipinski definition) is 4. The maximum atomic E-state index is 12.4. The van der Waals surface area contributed by atoms with Crippen molar-refractivity contribution in [3.8, 4) is 11.1 Å². The van der Waals surface area contributed by atoms with Crippen molar-refractivity contribution in [1.82, 2.24) is 5.32 Å². The second kappa shape index (κ2) is 7.43. The van der Waals surface area contributed by atoms with Gasteiger partial charge >= 0.3 is 6.09 Å². The van der Waals surface area contributed by atoms with Crippen molar-refractivity contribution in [3.05, 3.63) is 59.7 Å². The maximum Gasteiger partial charge on any atom is 0.410 e. The van der Waals surface area contributed by atoms with Gasteiger partial charge in [-0.05, 0) is 35.1 Å². The molecular formula is C22H23NO4. The topological polar surface area (TPSA) is 64.6 Å². The molecule has 0 aromatic heterocycles. The number of alkyl carbamates (subject to hydrolysis) is 1. The Morgan fingerprint density at radius 2 is 1.59 bits per heavy atom. The van der Waals surface area contributed by atoms with Crippen molar-refractivity contribution in [2.45, 2.75) is 43.7 Å². The fourth-order valence-corrected chi connectivity index (χ4v) is 4.31. The first-order valence-corrected chi connectivity index (χ1v) is 9.47. The molecule has 5 nitrogen and oxygen atoms in total.